The fourth-order valence-corrected chi connectivity index (χ4v) is 1.64. The maximum absolute atomic E-state index is 11.1. The highest BCUT2D eigenvalue weighted by molar-refractivity contribution is 5.75. The Morgan fingerprint density at radius 1 is 1.26 bits per heavy atom. The number of carbonyl (C=O) groups excluding carboxylic acids is 1. The molecular formula is C13H13NO5. The van der Waals surface area contributed by atoms with E-state index in [1.165, 1.54) is 6.20 Å². The average Bonchev–Trinajstić information content (AvgIpc) is 2.99. The fourth-order valence-electron chi connectivity index (χ4n) is 1.64. The fraction of sp³-hybridized carbons (Fsp3) is 0.231. The molecule has 100 valence electrons. The number of aliphatic hydroxyl groups excluding tert-OH is 2. The average molecular weight is 263 g/mol. The zero-order chi connectivity index (χ0) is 13.8. The van der Waals surface area contributed by atoms with Gasteiger partial charge in [-0.3, -0.25) is 0 Å². The highest BCUT2D eigenvalue weighted by Gasteiger charge is 2.26. The van der Waals surface area contributed by atoms with Gasteiger partial charge in [-0.1, -0.05) is 29.4 Å². The number of esters is 1. The SMILES string of the molecule is COC(=O)C(O)C(O)c1ccc(-c2ccno2)cc1. The van der Waals surface area contributed by atoms with E-state index in [-0.39, 0.29) is 0 Å². The number of hydrogen-bond acceptors (Lipinski definition) is 6. The molecule has 1 aromatic heterocycles. The van der Waals surface area contributed by atoms with Crippen LogP contribution in [-0.4, -0.2) is 34.6 Å². The van der Waals surface area contributed by atoms with Crippen LogP contribution in [0.3, 0.4) is 0 Å². The molecule has 0 aliphatic rings. The number of methoxy groups -OCH3 is 1. The molecule has 6 nitrogen and oxygen atoms in total. The molecule has 0 spiro atoms. The van der Waals surface area contributed by atoms with Gasteiger partial charge >= 0.3 is 5.97 Å². The van der Waals surface area contributed by atoms with Gasteiger partial charge in [-0.05, 0) is 5.56 Å². The second-order valence-corrected chi connectivity index (χ2v) is 3.91. The summed E-state index contributed by atoms with van der Waals surface area (Å²) in [5.74, 6) is -0.290. The van der Waals surface area contributed by atoms with Gasteiger partial charge in [-0.15, -0.1) is 0 Å². The molecule has 1 heterocycles. The molecule has 2 atom stereocenters. The van der Waals surface area contributed by atoms with Gasteiger partial charge in [0, 0.05) is 11.6 Å². The van der Waals surface area contributed by atoms with Crippen LogP contribution >= 0.6 is 0 Å². The van der Waals surface area contributed by atoms with Crippen molar-refractivity contribution in [1.29, 1.82) is 0 Å². The Morgan fingerprint density at radius 3 is 2.47 bits per heavy atom. The topological polar surface area (TPSA) is 92.8 Å². The van der Waals surface area contributed by atoms with Crippen LogP contribution in [0.2, 0.25) is 0 Å². The summed E-state index contributed by atoms with van der Waals surface area (Å²) in [4.78, 5) is 11.1. The molecule has 2 unspecified atom stereocenters. The van der Waals surface area contributed by atoms with Crippen molar-refractivity contribution in [3.05, 3.63) is 42.1 Å². The maximum Gasteiger partial charge on any atom is 0.337 e. The van der Waals surface area contributed by atoms with E-state index in [2.05, 4.69) is 9.89 Å². The highest BCUT2D eigenvalue weighted by Crippen LogP contribution is 2.23. The summed E-state index contributed by atoms with van der Waals surface area (Å²) in [6.45, 7) is 0. The van der Waals surface area contributed by atoms with Crippen molar-refractivity contribution in [2.75, 3.05) is 7.11 Å². The zero-order valence-electron chi connectivity index (χ0n) is 10.2. The van der Waals surface area contributed by atoms with Crippen LogP contribution in [0.4, 0.5) is 0 Å². The number of aliphatic hydroxyl groups is 2. The quantitative estimate of drug-likeness (QED) is 0.796. The van der Waals surface area contributed by atoms with Crippen molar-refractivity contribution in [3.8, 4) is 11.3 Å². The Kier molecular flexibility index (Phi) is 3.94. The molecule has 6 heteroatoms. The lowest BCUT2D eigenvalue weighted by Gasteiger charge is -2.16. The van der Waals surface area contributed by atoms with Gasteiger partial charge in [0.15, 0.2) is 11.9 Å². The van der Waals surface area contributed by atoms with Gasteiger partial charge in [0.05, 0.1) is 13.3 Å². The number of aromatic nitrogens is 1. The first-order valence-electron chi connectivity index (χ1n) is 5.58. The summed E-state index contributed by atoms with van der Waals surface area (Å²) in [5, 5.41) is 23.0. The van der Waals surface area contributed by atoms with Crippen LogP contribution in [0.15, 0.2) is 41.1 Å². The molecular weight excluding hydrogens is 250 g/mol. The number of benzene rings is 1. The van der Waals surface area contributed by atoms with Gasteiger partial charge in [-0.2, -0.15) is 0 Å². The van der Waals surface area contributed by atoms with Gasteiger partial charge in [0.2, 0.25) is 0 Å². The summed E-state index contributed by atoms with van der Waals surface area (Å²) >= 11 is 0. The third-order valence-corrected chi connectivity index (χ3v) is 2.72. The molecule has 0 fully saturated rings. The van der Waals surface area contributed by atoms with E-state index >= 15 is 0 Å². The molecule has 2 aromatic rings. The van der Waals surface area contributed by atoms with Crippen LogP contribution in [-0.2, 0) is 9.53 Å². The van der Waals surface area contributed by atoms with Crippen molar-refractivity contribution in [3.63, 3.8) is 0 Å². The Labute approximate surface area is 109 Å². The van der Waals surface area contributed by atoms with Crippen LogP contribution in [0.1, 0.15) is 11.7 Å². The molecule has 2 N–H and O–H groups in total. The molecule has 0 bridgehead atoms. The Balaban J connectivity index is 2.16. The molecule has 0 radical (unpaired) electrons. The molecule has 0 amide bonds. The van der Waals surface area contributed by atoms with Crippen molar-refractivity contribution in [1.82, 2.24) is 5.16 Å². The minimum Gasteiger partial charge on any atom is -0.467 e. The second kappa shape index (κ2) is 5.64. The zero-order valence-corrected chi connectivity index (χ0v) is 10.2. The van der Waals surface area contributed by atoms with E-state index in [0.717, 1.165) is 12.7 Å². The third kappa shape index (κ3) is 2.81. The molecule has 0 aliphatic carbocycles. The minimum atomic E-state index is -1.61. The minimum absolute atomic E-state index is 0.404. The number of nitrogens with zero attached hydrogens (tertiary/aromatic N) is 1. The van der Waals surface area contributed by atoms with Crippen molar-refractivity contribution < 1.29 is 24.3 Å². The first-order chi connectivity index (χ1) is 9.13. The van der Waals surface area contributed by atoms with Crippen molar-refractivity contribution in [2.45, 2.75) is 12.2 Å². The normalized spacial score (nSPS) is 13.8. The predicted octanol–water partition coefficient (Wildman–Crippen LogP) is 0.909. The van der Waals surface area contributed by atoms with Crippen LogP contribution in [0.5, 0.6) is 0 Å². The van der Waals surface area contributed by atoms with Crippen molar-refractivity contribution >= 4 is 5.97 Å². The van der Waals surface area contributed by atoms with E-state index in [9.17, 15) is 15.0 Å². The van der Waals surface area contributed by atoms with Crippen LogP contribution in [0.25, 0.3) is 11.3 Å². The van der Waals surface area contributed by atoms with Gasteiger partial charge < -0.3 is 19.5 Å². The lowest BCUT2D eigenvalue weighted by molar-refractivity contribution is -0.156. The molecule has 0 saturated carbocycles. The molecule has 1 aromatic carbocycles. The number of ether oxygens (including phenoxy) is 1. The third-order valence-electron chi connectivity index (χ3n) is 2.72. The summed E-state index contributed by atoms with van der Waals surface area (Å²) < 4.78 is 9.35. The van der Waals surface area contributed by atoms with E-state index in [1.807, 2.05) is 0 Å². The number of rotatable bonds is 4. The Hall–Kier alpha value is -2.18. The number of hydrogen-bond donors (Lipinski definition) is 2. The largest absolute Gasteiger partial charge is 0.467 e. The first-order valence-corrected chi connectivity index (χ1v) is 5.58. The van der Waals surface area contributed by atoms with Crippen LogP contribution < -0.4 is 0 Å². The van der Waals surface area contributed by atoms with E-state index in [4.69, 9.17) is 4.52 Å². The monoisotopic (exact) mass is 263 g/mol. The summed E-state index contributed by atoms with van der Waals surface area (Å²) in [5.41, 5.74) is 1.18. The maximum atomic E-state index is 11.1. The lowest BCUT2D eigenvalue weighted by Crippen LogP contribution is -2.28. The predicted molar refractivity (Wildman–Crippen MR) is 64.9 cm³/mol. The Morgan fingerprint density at radius 2 is 1.95 bits per heavy atom. The summed E-state index contributed by atoms with van der Waals surface area (Å²) in [7, 11) is 1.14. The summed E-state index contributed by atoms with van der Waals surface area (Å²) in [6.07, 6.45) is -1.42. The second-order valence-electron chi connectivity index (χ2n) is 3.91. The summed E-state index contributed by atoms with van der Waals surface area (Å²) in [6, 6.07) is 8.28. The molecule has 19 heavy (non-hydrogen) atoms. The smallest absolute Gasteiger partial charge is 0.337 e. The Bertz CT molecular complexity index is 535. The van der Waals surface area contributed by atoms with E-state index in [0.29, 0.717) is 11.3 Å². The molecule has 0 saturated heterocycles. The molecule has 0 aliphatic heterocycles. The highest BCUT2D eigenvalue weighted by atomic mass is 16.5. The molecule has 2 rings (SSSR count). The first kappa shape index (κ1) is 13.3. The van der Waals surface area contributed by atoms with E-state index in [1.54, 1.807) is 30.3 Å². The van der Waals surface area contributed by atoms with Crippen LogP contribution in [0, 0.1) is 0 Å². The van der Waals surface area contributed by atoms with Gasteiger partial charge in [-0.25, -0.2) is 4.79 Å². The number of carbonyl (C=O) groups is 1. The van der Waals surface area contributed by atoms with Gasteiger partial charge in [0.1, 0.15) is 6.10 Å². The van der Waals surface area contributed by atoms with Gasteiger partial charge in [0.25, 0.3) is 0 Å². The standard InChI is InChI=1S/C13H13NO5/c1-18-13(17)12(16)11(15)9-4-2-8(3-5-9)10-6-7-14-19-10/h2-7,11-12,15-16H,1H3. The lowest BCUT2D eigenvalue weighted by atomic mass is 10.0. The van der Waals surface area contributed by atoms with E-state index < -0.39 is 18.2 Å². The van der Waals surface area contributed by atoms with Crippen molar-refractivity contribution in [2.24, 2.45) is 0 Å².